The predicted molar refractivity (Wildman–Crippen MR) is 174 cm³/mol. The van der Waals surface area contributed by atoms with E-state index in [2.05, 4.69) is 5.32 Å². The van der Waals surface area contributed by atoms with Crippen molar-refractivity contribution in [2.75, 3.05) is 11.9 Å². The van der Waals surface area contributed by atoms with Crippen LogP contribution < -0.4 is 29.7 Å². The Kier molecular flexibility index (Phi) is 8.70. The lowest BCUT2D eigenvalue weighted by atomic mass is 9.95. The molecule has 1 atom stereocenters. The minimum atomic E-state index is -0.715. The molecule has 0 bridgehead atoms. The van der Waals surface area contributed by atoms with Crippen LogP contribution in [0.15, 0.2) is 124 Å². The molecule has 0 unspecified atom stereocenters. The lowest BCUT2D eigenvalue weighted by Gasteiger charge is -2.25. The summed E-state index contributed by atoms with van der Waals surface area (Å²) in [4.78, 5) is 33.2. The standard InChI is InChI=1S/C36H30FN3O4S/c1-3-43-29-19-15-25(16-20-29)33-32(34(41)39-28-10-5-4-6-11-28)23(2)38-36-40(33)35(42)31(45-36)21-26-9-7-8-12-30(26)44-22-24-13-17-27(37)18-14-24/h4-21,33H,3,22H2,1-2H3,(H,39,41)/b31-21-/t33-/m1/s1. The van der Waals surface area contributed by atoms with Gasteiger partial charge in [-0.1, -0.05) is 72.0 Å². The molecule has 1 aromatic heterocycles. The van der Waals surface area contributed by atoms with E-state index in [1.165, 1.54) is 23.5 Å². The first kappa shape index (κ1) is 29.8. The number of carbonyl (C=O) groups excluding carboxylic acids is 1. The fourth-order valence-corrected chi connectivity index (χ4v) is 6.21. The number of halogens is 1. The highest BCUT2D eigenvalue weighted by Gasteiger charge is 2.32. The van der Waals surface area contributed by atoms with Gasteiger partial charge in [-0.15, -0.1) is 0 Å². The number of nitrogens with one attached hydrogen (secondary N) is 1. The van der Waals surface area contributed by atoms with Crippen molar-refractivity contribution in [3.05, 3.63) is 157 Å². The zero-order valence-electron chi connectivity index (χ0n) is 24.7. The van der Waals surface area contributed by atoms with Gasteiger partial charge in [0.15, 0.2) is 4.80 Å². The number of amides is 1. The van der Waals surface area contributed by atoms with E-state index < -0.39 is 6.04 Å². The molecule has 7 nitrogen and oxygen atoms in total. The van der Waals surface area contributed by atoms with Gasteiger partial charge >= 0.3 is 0 Å². The third-order valence-electron chi connectivity index (χ3n) is 7.32. The molecular formula is C36H30FN3O4S. The lowest BCUT2D eigenvalue weighted by Crippen LogP contribution is -2.40. The van der Waals surface area contributed by atoms with Crippen molar-refractivity contribution >= 4 is 29.0 Å². The number of allylic oxidation sites excluding steroid dienone is 1. The first-order valence-corrected chi connectivity index (χ1v) is 15.3. The van der Waals surface area contributed by atoms with Gasteiger partial charge in [-0.2, -0.15) is 0 Å². The molecule has 0 saturated carbocycles. The third kappa shape index (κ3) is 6.49. The summed E-state index contributed by atoms with van der Waals surface area (Å²) < 4.78 is 27.1. The minimum absolute atomic E-state index is 0.239. The van der Waals surface area contributed by atoms with Crippen LogP contribution >= 0.6 is 11.3 Å². The molecule has 0 fully saturated rings. The van der Waals surface area contributed by atoms with Crippen molar-refractivity contribution < 1.29 is 18.7 Å². The Morgan fingerprint density at radius 1 is 0.956 bits per heavy atom. The van der Waals surface area contributed by atoms with Gasteiger partial charge in [0.25, 0.3) is 11.5 Å². The van der Waals surface area contributed by atoms with Gasteiger partial charge in [0.1, 0.15) is 23.9 Å². The van der Waals surface area contributed by atoms with Crippen molar-refractivity contribution in [1.82, 2.24) is 4.57 Å². The van der Waals surface area contributed by atoms with Crippen LogP contribution in [0.1, 0.15) is 36.6 Å². The van der Waals surface area contributed by atoms with E-state index in [4.69, 9.17) is 14.5 Å². The van der Waals surface area contributed by atoms with Crippen LogP contribution in [-0.4, -0.2) is 17.1 Å². The summed E-state index contributed by atoms with van der Waals surface area (Å²) in [5, 5.41) is 2.97. The first-order chi connectivity index (χ1) is 21.9. The Bertz CT molecular complexity index is 2050. The van der Waals surface area contributed by atoms with E-state index in [1.807, 2.05) is 85.8 Å². The van der Waals surface area contributed by atoms with Crippen LogP contribution in [0.25, 0.3) is 6.08 Å². The summed E-state index contributed by atoms with van der Waals surface area (Å²) in [7, 11) is 0. The van der Waals surface area contributed by atoms with Gasteiger partial charge in [-0.05, 0) is 73.5 Å². The second-order valence-corrected chi connectivity index (χ2v) is 11.4. The lowest BCUT2D eigenvalue weighted by molar-refractivity contribution is -0.113. The molecule has 4 aromatic carbocycles. The maximum atomic E-state index is 14.2. The number of carbonyl (C=O) groups is 1. The van der Waals surface area contributed by atoms with E-state index in [1.54, 1.807) is 29.7 Å². The second-order valence-electron chi connectivity index (χ2n) is 10.4. The number of para-hydroxylation sites is 2. The number of rotatable bonds is 9. The highest BCUT2D eigenvalue weighted by molar-refractivity contribution is 7.07. The molecule has 226 valence electrons. The molecular weight excluding hydrogens is 589 g/mol. The van der Waals surface area contributed by atoms with Crippen LogP contribution in [0.2, 0.25) is 0 Å². The van der Waals surface area contributed by atoms with Crippen molar-refractivity contribution in [2.24, 2.45) is 4.99 Å². The molecule has 0 saturated heterocycles. The number of thiazole rings is 1. The molecule has 9 heteroatoms. The van der Waals surface area contributed by atoms with E-state index in [-0.39, 0.29) is 23.9 Å². The van der Waals surface area contributed by atoms with Gasteiger partial charge < -0.3 is 14.8 Å². The summed E-state index contributed by atoms with van der Waals surface area (Å²) in [5.41, 5.74) is 3.55. The van der Waals surface area contributed by atoms with Crippen LogP contribution in [0.3, 0.4) is 0 Å². The monoisotopic (exact) mass is 619 g/mol. The Balaban J connectivity index is 1.41. The highest BCUT2D eigenvalue weighted by Crippen LogP contribution is 2.32. The largest absolute Gasteiger partial charge is 0.494 e. The second kappa shape index (κ2) is 13.2. The summed E-state index contributed by atoms with van der Waals surface area (Å²) >= 11 is 1.25. The molecule has 5 aromatic rings. The Morgan fingerprint density at radius 3 is 2.40 bits per heavy atom. The average molecular weight is 620 g/mol. The quantitative estimate of drug-likeness (QED) is 0.220. The van der Waals surface area contributed by atoms with Gasteiger partial charge in [0, 0.05) is 11.3 Å². The molecule has 1 amide bonds. The summed E-state index contributed by atoms with van der Waals surface area (Å²) in [6.45, 7) is 4.46. The van der Waals surface area contributed by atoms with Crippen LogP contribution in [0.4, 0.5) is 10.1 Å². The molecule has 45 heavy (non-hydrogen) atoms. The molecule has 1 aliphatic heterocycles. The van der Waals surface area contributed by atoms with E-state index in [9.17, 15) is 14.0 Å². The first-order valence-electron chi connectivity index (χ1n) is 14.5. The molecule has 0 radical (unpaired) electrons. The van der Waals surface area contributed by atoms with Crippen LogP contribution in [0, 0.1) is 5.82 Å². The van der Waals surface area contributed by atoms with E-state index in [0.717, 1.165) is 11.1 Å². The number of ether oxygens (including phenoxy) is 2. The Labute approximate surface area is 263 Å². The number of aromatic nitrogens is 1. The molecule has 6 rings (SSSR count). The predicted octanol–water partition coefficient (Wildman–Crippen LogP) is 5.99. The van der Waals surface area contributed by atoms with Crippen LogP contribution in [-0.2, 0) is 11.4 Å². The average Bonchev–Trinajstić information content (AvgIpc) is 3.35. The Hall–Kier alpha value is -5.28. The maximum absolute atomic E-state index is 14.2. The van der Waals surface area contributed by atoms with E-state index >= 15 is 0 Å². The number of hydrogen-bond donors (Lipinski definition) is 1. The Morgan fingerprint density at radius 2 is 1.67 bits per heavy atom. The number of fused-ring (bicyclic) bond motifs is 1. The number of hydrogen-bond acceptors (Lipinski definition) is 6. The van der Waals surface area contributed by atoms with Gasteiger partial charge in [0.2, 0.25) is 0 Å². The van der Waals surface area contributed by atoms with Gasteiger partial charge in [0.05, 0.1) is 28.5 Å². The molecule has 0 spiro atoms. The van der Waals surface area contributed by atoms with Crippen molar-refractivity contribution in [3.63, 3.8) is 0 Å². The SMILES string of the molecule is CCOc1ccc([C@@H]2C(C(=O)Nc3ccccc3)=C(C)N=c3s/c(=C\c4ccccc4OCc4ccc(F)cc4)c(=O)n32)cc1. The number of anilines is 1. The van der Waals surface area contributed by atoms with Crippen LogP contribution in [0.5, 0.6) is 11.5 Å². The molecule has 1 aliphatic rings. The molecule has 0 aliphatic carbocycles. The summed E-state index contributed by atoms with van der Waals surface area (Å²) in [5.74, 6) is 0.626. The zero-order chi connectivity index (χ0) is 31.3. The number of benzene rings is 4. The zero-order valence-corrected chi connectivity index (χ0v) is 25.5. The molecule has 1 N–H and O–H groups in total. The summed E-state index contributed by atoms with van der Waals surface area (Å²) in [6.07, 6.45) is 1.78. The topological polar surface area (TPSA) is 81.9 Å². The highest BCUT2D eigenvalue weighted by atomic mass is 32.1. The van der Waals surface area contributed by atoms with Crippen molar-refractivity contribution in [3.8, 4) is 11.5 Å². The smallest absolute Gasteiger partial charge is 0.271 e. The maximum Gasteiger partial charge on any atom is 0.271 e. The molecule has 2 heterocycles. The normalized spacial score (nSPS) is 14.5. The third-order valence-corrected chi connectivity index (χ3v) is 8.30. The summed E-state index contributed by atoms with van der Waals surface area (Å²) in [6, 6.07) is 29.4. The minimum Gasteiger partial charge on any atom is -0.494 e. The van der Waals surface area contributed by atoms with Crippen molar-refractivity contribution in [2.45, 2.75) is 26.5 Å². The van der Waals surface area contributed by atoms with Gasteiger partial charge in [-0.3, -0.25) is 14.2 Å². The van der Waals surface area contributed by atoms with Crippen molar-refractivity contribution in [1.29, 1.82) is 0 Å². The fraction of sp³-hybridized carbons (Fsp3) is 0.139. The fourth-order valence-electron chi connectivity index (χ4n) is 5.17. The van der Waals surface area contributed by atoms with Gasteiger partial charge in [-0.25, -0.2) is 9.38 Å². The van der Waals surface area contributed by atoms with E-state index in [0.29, 0.717) is 50.0 Å². The number of nitrogens with zero attached hydrogens (tertiary/aromatic N) is 2.